The predicted octanol–water partition coefficient (Wildman–Crippen LogP) is 5.22. The van der Waals surface area contributed by atoms with Crippen molar-refractivity contribution in [1.29, 1.82) is 0 Å². The summed E-state index contributed by atoms with van der Waals surface area (Å²) < 4.78 is 2.72. The smallest absolute Gasteiger partial charge is 0.0859 e. The monoisotopic (exact) mass is 460 g/mol. The van der Waals surface area contributed by atoms with Crippen LogP contribution in [0.4, 0.5) is 4.79 Å². The van der Waals surface area contributed by atoms with Crippen molar-refractivity contribution in [2.75, 3.05) is 39.3 Å². The maximum atomic E-state index is 8.33. The van der Waals surface area contributed by atoms with E-state index >= 15 is 0 Å². The lowest BCUT2D eigenvalue weighted by Gasteiger charge is -2.43. The zero-order chi connectivity index (χ0) is 25.6. The number of nitrogens with zero attached hydrogens (tertiary/aromatic N) is 2. The summed E-state index contributed by atoms with van der Waals surface area (Å²) in [6.45, 7) is 31.7. The first kappa shape index (κ1) is 35.8. The van der Waals surface area contributed by atoms with Gasteiger partial charge in [0.1, 0.15) is 0 Å². The van der Waals surface area contributed by atoms with Crippen LogP contribution in [0.1, 0.15) is 121 Å². The van der Waals surface area contributed by atoms with Crippen molar-refractivity contribution < 1.29 is 24.0 Å². The van der Waals surface area contributed by atoms with Crippen LogP contribution in [0.5, 0.6) is 0 Å². The summed E-state index contributed by atoms with van der Waals surface area (Å²) in [6.07, 6.45) is 8.25. The lowest BCUT2D eigenvalue weighted by atomic mass is 10.1. The molecule has 0 aliphatic heterocycles. The summed E-state index contributed by atoms with van der Waals surface area (Å²) in [6, 6.07) is 1.68. The van der Waals surface area contributed by atoms with Gasteiger partial charge < -0.3 is 24.0 Å². The quantitative estimate of drug-likeness (QED) is 0.297. The third-order valence-corrected chi connectivity index (χ3v) is 7.07. The first-order chi connectivity index (χ1) is 15.1. The third kappa shape index (κ3) is 15.1. The summed E-state index contributed by atoms with van der Waals surface area (Å²) in [7, 11) is 0. The minimum Gasteiger partial charge on any atom is -0.652 e. The van der Waals surface area contributed by atoms with Gasteiger partial charge in [-0.2, -0.15) is 0 Å². The van der Waals surface area contributed by atoms with Crippen LogP contribution >= 0.6 is 0 Å². The summed E-state index contributed by atoms with van der Waals surface area (Å²) in [5, 5.41) is 16.7. The van der Waals surface area contributed by atoms with Crippen LogP contribution in [0.25, 0.3) is 0 Å². The fraction of sp³-hybridized carbons (Fsp3) is 0.963. The Morgan fingerprint density at radius 3 is 0.781 bits per heavy atom. The molecular formula is C27H60N2O3. The molecule has 5 heteroatoms. The van der Waals surface area contributed by atoms with Gasteiger partial charge in [-0.3, -0.25) is 0 Å². The maximum Gasteiger partial charge on any atom is 0.0859 e. The second-order valence-electron chi connectivity index (χ2n) is 9.54. The van der Waals surface area contributed by atoms with Gasteiger partial charge in [0.05, 0.1) is 51.4 Å². The molecule has 0 N–H and O–H groups in total. The molecule has 0 fully saturated rings. The van der Waals surface area contributed by atoms with Crippen LogP contribution in [0.3, 0.4) is 0 Å². The number of hydrogen-bond acceptors (Lipinski definition) is 3. The molecule has 2 unspecified atom stereocenters. The SMILES string of the molecule is CCC[N+](CCC)(CCC)C(C)CC.CCC[N+](CCC)(CCC)C(C)CC.O=C([O-])[O-]. The number of carbonyl (C=O) groups excluding carboxylic acids is 1. The van der Waals surface area contributed by atoms with Gasteiger partial charge in [0.2, 0.25) is 0 Å². The molecule has 0 rings (SSSR count). The van der Waals surface area contributed by atoms with Gasteiger partial charge in [-0.05, 0) is 71.4 Å². The van der Waals surface area contributed by atoms with Crippen molar-refractivity contribution in [2.45, 2.75) is 133 Å². The third-order valence-electron chi connectivity index (χ3n) is 7.07. The Kier molecular flexibility index (Phi) is 24.6. The van der Waals surface area contributed by atoms with Crippen LogP contribution < -0.4 is 10.2 Å². The molecule has 5 nitrogen and oxygen atoms in total. The Morgan fingerprint density at radius 2 is 0.688 bits per heavy atom. The highest BCUT2D eigenvalue weighted by atomic mass is 16.6. The average molecular weight is 461 g/mol. The summed E-state index contributed by atoms with van der Waals surface area (Å²) >= 11 is 0. The molecule has 196 valence electrons. The lowest BCUT2D eigenvalue weighted by molar-refractivity contribution is -0.949. The van der Waals surface area contributed by atoms with Gasteiger partial charge in [0.15, 0.2) is 0 Å². The topological polar surface area (TPSA) is 63.2 Å². The number of hydrogen-bond donors (Lipinski definition) is 0. The summed E-state index contributed by atoms with van der Waals surface area (Å²) in [4.78, 5) is 8.33. The average Bonchev–Trinajstić information content (AvgIpc) is 2.73. The van der Waals surface area contributed by atoms with Crippen molar-refractivity contribution in [2.24, 2.45) is 0 Å². The summed E-state index contributed by atoms with van der Waals surface area (Å²) in [5.41, 5.74) is 0. The van der Waals surface area contributed by atoms with E-state index in [0.29, 0.717) is 0 Å². The van der Waals surface area contributed by atoms with Gasteiger partial charge in [0, 0.05) is 0 Å². The van der Waals surface area contributed by atoms with E-state index in [-0.39, 0.29) is 0 Å². The van der Waals surface area contributed by atoms with Crippen LogP contribution in [-0.4, -0.2) is 66.5 Å². The number of carbonyl (C=O) groups is 1. The zero-order valence-electron chi connectivity index (χ0n) is 23.7. The van der Waals surface area contributed by atoms with Gasteiger partial charge in [-0.15, -0.1) is 0 Å². The highest BCUT2D eigenvalue weighted by molar-refractivity contribution is 5.47. The molecule has 0 aliphatic carbocycles. The van der Waals surface area contributed by atoms with E-state index in [1.807, 2.05) is 0 Å². The molecule has 0 bridgehead atoms. The molecule has 0 heterocycles. The molecule has 0 aromatic rings. The zero-order valence-corrected chi connectivity index (χ0v) is 23.7. The maximum absolute atomic E-state index is 8.33. The normalized spacial score (nSPS) is 13.3. The standard InChI is InChI=1S/2C13H30N.CH2O3/c2*1-6-10-14(11-7-2,12-8-3)13(5)9-4;2-1(3)4/h2*13H,6-12H2,1-5H3;(H2,2,3,4)/q2*+1;/p-2. The minimum absolute atomic E-state index is 0.842. The molecule has 0 aromatic heterocycles. The highest BCUT2D eigenvalue weighted by Gasteiger charge is 2.30. The first-order valence-corrected chi connectivity index (χ1v) is 13.7. The van der Waals surface area contributed by atoms with E-state index in [4.69, 9.17) is 15.0 Å². The van der Waals surface area contributed by atoms with Crippen LogP contribution in [0, 0.1) is 0 Å². The number of rotatable bonds is 16. The Bertz CT molecular complexity index is 346. The highest BCUT2D eigenvalue weighted by Crippen LogP contribution is 2.20. The van der Waals surface area contributed by atoms with Gasteiger partial charge >= 0.3 is 0 Å². The van der Waals surface area contributed by atoms with Gasteiger partial charge in [0.25, 0.3) is 0 Å². The van der Waals surface area contributed by atoms with Crippen molar-refractivity contribution in [3.8, 4) is 0 Å². The molecule has 0 aliphatic rings. The molecule has 0 saturated heterocycles. The van der Waals surface area contributed by atoms with Crippen molar-refractivity contribution in [1.82, 2.24) is 0 Å². The molecular weight excluding hydrogens is 400 g/mol. The van der Waals surface area contributed by atoms with Crippen LogP contribution in [0.15, 0.2) is 0 Å². The second-order valence-corrected chi connectivity index (χ2v) is 9.54. The minimum atomic E-state index is -2.33. The Balaban J connectivity index is -0.000000450. The van der Waals surface area contributed by atoms with E-state index in [0.717, 1.165) is 12.1 Å². The predicted molar refractivity (Wildman–Crippen MR) is 136 cm³/mol. The van der Waals surface area contributed by atoms with E-state index in [9.17, 15) is 0 Å². The van der Waals surface area contributed by atoms with Gasteiger partial charge in [-0.25, -0.2) is 0 Å². The molecule has 0 amide bonds. The molecule has 2 atom stereocenters. The largest absolute Gasteiger partial charge is 0.652 e. The molecule has 0 saturated carbocycles. The van der Waals surface area contributed by atoms with E-state index in [2.05, 4.69) is 69.2 Å². The fourth-order valence-electron chi connectivity index (χ4n) is 5.44. The first-order valence-electron chi connectivity index (χ1n) is 13.7. The molecule has 0 aromatic carbocycles. The lowest BCUT2D eigenvalue weighted by Crippen LogP contribution is -2.55. The number of carboxylic acid groups (broad SMARTS) is 2. The van der Waals surface area contributed by atoms with Crippen LogP contribution in [-0.2, 0) is 0 Å². The second kappa shape index (κ2) is 22.0. The van der Waals surface area contributed by atoms with E-state index < -0.39 is 6.16 Å². The Hall–Kier alpha value is -0.810. The number of quaternary nitrogens is 2. The Labute approximate surface area is 202 Å². The molecule has 32 heavy (non-hydrogen) atoms. The van der Waals surface area contributed by atoms with Crippen molar-refractivity contribution in [3.63, 3.8) is 0 Å². The molecule has 0 spiro atoms. The van der Waals surface area contributed by atoms with E-state index in [1.165, 1.54) is 99.6 Å². The van der Waals surface area contributed by atoms with Crippen molar-refractivity contribution in [3.05, 3.63) is 0 Å². The summed E-state index contributed by atoms with van der Waals surface area (Å²) in [5.74, 6) is 0. The van der Waals surface area contributed by atoms with Crippen molar-refractivity contribution >= 4 is 6.16 Å². The van der Waals surface area contributed by atoms with Gasteiger partial charge in [-0.1, -0.05) is 55.4 Å². The molecule has 0 radical (unpaired) electrons. The van der Waals surface area contributed by atoms with Crippen LogP contribution in [0.2, 0.25) is 0 Å². The Morgan fingerprint density at radius 1 is 0.531 bits per heavy atom. The fourth-order valence-corrected chi connectivity index (χ4v) is 5.44. The van der Waals surface area contributed by atoms with E-state index in [1.54, 1.807) is 0 Å².